The Balaban J connectivity index is 1.40. The zero-order valence-electron chi connectivity index (χ0n) is 33.7. The van der Waals surface area contributed by atoms with E-state index in [4.69, 9.17) is 28.4 Å². The van der Waals surface area contributed by atoms with Gasteiger partial charge >= 0.3 is 0 Å². The number of hydrogen-bond donors (Lipinski definition) is 11. The summed E-state index contributed by atoms with van der Waals surface area (Å²) in [6, 6.07) is 0. The molecule has 0 radical (unpaired) electrons. The Bertz CT molecular complexity index is 1140. The molecule has 3 aliphatic heterocycles. The zero-order chi connectivity index (χ0) is 42.6. The zero-order valence-corrected chi connectivity index (χ0v) is 33.7. The van der Waals surface area contributed by atoms with Gasteiger partial charge in [-0.1, -0.05) is 64.2 Å². The van der Waals surface area contributed by atoms with Crippen molar-refractivity contribution in [1.29, 1.82) is 0 Å². The third-order valence-corrected chi connectivity index (χ3v) is 10.9. The van der Waals surface area contributed by atoms with Crippen molar-refractivity contribution < 1.29 is 89.1 Å². The van der Waals surface area contributed by atoms with Crippen LogP contribution in [0, 0.1) is 0 Å². The molecule has 3 saturated heterocycles. The number of aliphatic hydroxyl groups excluding tert-OH is 10. The van der Waals surface area contributed by atoms with Crippen LogP contribution >= 0.6 is 0 Å². The summed E-state index contributed by atoms with van der Waals surface area (Å²) in [5.74, 6) is 0.194. The number of hydrogen-bond acceptors (Lipinski definition) is 18. The first-order valence-electron chi connectivity index (χ1n) is 21.1. The number of aliphatic hydroxyl groups is 10. The van der Waals surface area contributed by atoms with Crippen LogP contribution in [0.15, 0.2) is 0 Å². The SMILES string of the molecule is CCNC(=O)CCCCCCCCCCCCCCC(=O)CCCO[C@@H]1O[C@H](CO[C@H]2O[C@H](CO)[C@@H](O)[C@H](O)[C@@H]2O)[C@@H](O)[C@H](O[C@H]2O[C@H](CO)[C@@H](O)[C@H](O)[C@@H]2O)[C@@H]1O. The molecule has 19 heteroatoms. The van der Waals surface area contributed by atoms with Gasteiger partial charge in [-0.25, -0.2) is 0 Å². The average Bonchev–Trinajstić information content (AvgIpc) is 3.21. The van der Waals surface area contributed by atoms with Crippen LogP contribution in [-0.4, -0.2) is 188 Å². The maximum Gasteiger partial charge on any atom is 0.219 e. The number of nitrogens with one attached hydrogen (secondary N) is 1. The lowest BCUT2D eigenvalue weighted by Crippen LogP contribution is -2.65. The second kappa shape index (κ2) is 27.4. The first-order valence-corrected chi connectivity index (χ1v) is 21.1. The summed E-state index contributed by atoms with van der Waals surface area (Å²) in [7, 11) is 0. The molecule has 0 aromatic rings. The number of ketones is 1. The van der Waals surface area contributed by atoms with Crippen molar-refractivity contribution in [3.63, 3.8) is 0 Å². The van der Waals surface area contributed by atoms with Crippen LogP contribution in [0.3, 0.4) is 0 Å². The second-order valence-corrected chi connectivity index (χ2v) is 15.6. The first kappa shape index (κ1) is 50.9. The van der Waals surface area contributed by atoms with Crippen molar-refractivity contribution in [1.82, 2.24) is 5.32 Å². The number of Topliss-reactive ketones (excluding diaryl/α,β-unsaturated/α-hetero) is 1. The highest BCUT2D eigenvalue weighted by atomic mass is 16.7. The maximum absolute atomic E-state index is 12.6. The summed E-state index contributed by atoms with van der Waals surface area (Å²) in [4.78, 5) is 24.0. The molecule has 1 amide bonds. The molecule has 3 rings (SSSR count). The minimum absolute atomic E-state index is 0.0489. The van der Waals surface area contributed by atoms with Crippen LogP contribution in [0.1, 0.15) is 110 Å². The van der Waals surface area contributed by atoms with Gasteiger partial charge < -0.3 is 84.8 Å². The molecule has 0 aromatic carbocycles. The van der Waals surface area contributed by atoms with Crippen molar-refractivity contribution in [3.8, 4) is 0 Å². The molecule has 0 saturated carbocycles. The Morgan fingerprint density at radius 1 is 0.500 bits per heavy atom. The Morgan fingerprint density at radius 3 is 1.48 bits per heavy atom. The van der Waals surface area contributed by atoms with Gasteiger partial charge in [0, 0.05) is 25.8 Å². The molecule has 0 aliphatic carbocycles. The van der Waals surface area contributed by atoms with E-state index >= 15 is 0 Å². The summed E-state index contributed by atoms with van der Waals surface area (Å²) >= 11 is 0. The van der Waals surface area contributed by atoms with Gasteiger partial charge in [0.2, 0.25) is 5.91 Å². The van der Waals surface area contributed by atoms with E-state index in [9.17, 15) is 60.7 Å². The van der Waals surface area contributed by atoms with Crippen LogP contribution in [0.5, 0.6) is 0 Å². The standard InChI is InChI=1S/C39H71NO18/c1-2-40-27(44)18-14-12-10-8-6-4-3-5-7-9-11-13-16-23(43)17-15-19-53-38-35(52)36(58-39-34(51)32(49)29(46)25(21-42)56-39)30(47)26(57-38)22-54-37-33(50)31(48)28(45)24(20-41)55-37/h24-26,28-39,41-42,45-52H,2-22H2,1H3,(H,40,44)/t24-,25-,26-,28-,29-,30-,31+,32+,33+,34+,35+,36+,37+,38-,39-/m1/s1. The lowest BCUT2D eigenvalue weighted by atomic mass is 9.96. The van der Waals surface area contributed by atoms with Crippen LogP contribution in [0.25, 0.3) is 0 Å². The van der Waals surface area contributed by atoms with Gasteiger partial charge in [0.05, 0.1) is 26.4 Å². The lowest BCUT2D eigenvalue weighted by Gasteiger charge is -2.46. The molecule has 58 heavy (non-hydrogen) atoms. The normalized spacial score (nSPS) is 35.5. The fourth-order valence-electron chi connectivity index (χ4n) is 7.32. The van der Waals surface area contributed by atoms with Crippen molar-refractivity contribution >= 4 is 11.7 Å². The predicted molar refractivity (Wildman–Crippen MR) is 203 cm³/mol. The molecule has 340 valence electrons. The molecule has 3 heterocycles. The van der Waals surface area contributed by atoms with Gasteiger partial charge in [0.15, 0.2) is 18.9 Å². The molecule has 0 aromatic heterocycles. The van der Waals surface area contributed by atoms with Crippen LogP contribution in [-0.2, 0) is 38.0 Å². The summed E-state index contributed by atoms with van der Waals surface area (Å²) < 4.78 is 33.6. The highest BCUT2D eigenvalue weighted by molar-refractivity contribution is 5.78. The number of ether oxygens (including phenoxy) is 6. The van der Waals surface area contributed by atoms with E-state index in [1.54, 1.807) is 0 Å². The molecule has 3 fully saturated rings. The topological polar surface area (TPSA) is 304 Å². The van der Waals surface area contributed by atoms with Gasteiger partial charge in [-0.05, 0) is 26.2 Å². The van der Waals surface area contributed by atoms with E-state index in [2.05, 4.69) is 5.32 Å². The van der Waals surface area contributed by atoms with Gasteiger partial charge in [-0.2, -0.15) is 0 Å². The highest BCUT2D eigenvalue weighted by Crippen LogP contribution is 2.31. The number of unbranched alkanes of at least 4 members (excludes halogenated alkanes) is 11. The van der Waals surface area contributed by atoms with E-state index in [-0.39, 0.29) is 31.1 Å². The van der Waals surface area contributed by atoms with E-state index < -0.39 is 112 Å². The number of carbonyl (C=O) groups excluding carboxylic acids is 2. The van der Waals surface area contributed by atoms with Crippen molar-refractivity contribution in [2.75, 3.05) is 33.0 Å². The maximum atomic E-state index is 12.6. The fourth-order valence-corrected chi connectivity index (χ4v) is 7.32. The summed E-state index contributed by atoms with van der Waals surface area (Å²) in [6.45, 7) is 0.515. The Labute approximate surface area is 340 Å². The van der Waals surface area contributed by atoms with E-state index in [1.807, 2.05) is 6.92 Å². The molecule has 19 nitrogen and oxygen atoms in total. The first-order chi connectivity index (χ1) is 27.8. The summed E-state index contributed by atoms with van der Waals surface area (Å²) in [6.07, 6.45) is -9.81. The molecule has 3 aliphatic rings. The molecule has 0 spiro atoms. The highest BCUT2D eigenvalue weighted by Gasteiger charge is 2.52. The van der Waals surface area contributed by atoms with E-state index in [0.29, 0.717) is 19.4 Å². The van der Waals surface area contributed by atoms with Crippen molar-refractivity contribution in [2.45, 2.75) is 202 Å². The van der Waals surface area contributed by atoms with Gasteiger partial charge in [0.1, 0.15) is 79.0 Å². The third-order valence-electron chi connectivity index (χ3n) is 10.9. The largest absolute Gasteiger partial charge is 0.394 e. The van der Waals surface area contributed by atoms with Gasteiger partial charge in [-0.3, -0.25) is 9.59 Å². The molecule has 0 unspecified atom stereocenters. The van der Waals surface area contributed by atoms with E-state index in [0.717, 1.165) is 44.9 Å². The smallest absolute Gasteiger partial charge is 0.219 e. The number of carbonyl (C=O) groups is 2. The van der Waals surface area contributed by atoms with E-state index in [1.165, 1.54) is 32.1 Å². The monoisotopic (exact) mass is 841 g/mol. The number of rotatable bonds is 28. The Morgan fingerprint density at radius 2 is 0.948 bits per heavy atom. The molecule has 15 atom stereocenters. The molecular weight excluding hydrogens is 770 g/mol. The minimum Gasteiger partial charge on any atom is -0.394 e. The molecule has 0 bridgehead atoms. The number of amides is 1. The van der Waals surface area contributed by atoms with Crippen LogP contribution in [0.4, 0.5) is 0 Å². The lowest BCUT2D eigenvalue weighted by molar-refractivity contribution is -0.366. The predicted octanol–water partition coefficient (Wildman–Crippen LogP) is -1.60. The van der Waals surface area contributed by atoms with Gasteiger partial charge in [-0.15, -0.1) is 0 Å². The second-order valence-electron chi connectivity index (χ2n) is 15.6. The van der Waals surface area contributed by atoms with Crippen molar-refractivity contribution in [2.24, 2.45) is 0 Å². The average molecular weight is 842 g/mol. The molecule has 11 N–H and O–H groups in total. The summed E-state index contributed by atoms with van der Waals surface area (Å²) in [5.41, 5.74) is 0. The third kappa shape index (κ3) is 16.1. The van der Waals surface area contributed by atoms with Crippen molar-refractivity contribution in [3.05, 3.63) is 0 Å². The quantitative estimate of drug-likeness (QED) is 0.0395. The minimum atomic E-state index is -1.86. The Kier molecular flexibility index (Phi) is 24.1. The molecular formula is C39H71NO18. The fraction of sp³-hybridized carbons (Fsp3) is 0.949. The summed E-state index contributed by atoms with van der Waals surface area (Å²) in [5, 5.41) is 106. The van der Waals surface area contributed by atoms with Gasteiger partial charge in [0.25, 0.3) is 0 Å². The Hall–Kier alpha value is -1.50. The van der Waals surface area contributed by atoms with Crippen LogP contribution in [0.2, 0.25) is 0 Å². The van der Waals surface area contributed by atoms with Crippen LogP contribution < -0.4 is 5.32 Å².